The third kappa shape index (κ3) is 4.25. The van der Waals surface area contributed by atoms with Crippen LogP contribution in [0.25, 0.3) is 10.9 Å². The van der Waals surface area contributed by atoms with Gasteiger partial charge in [0.05, 0.1) is 13.2 Å². The fraction of sp³-hybridized carbons (Fsp3) is 0.520. The van der Waals surface area contributed by atoms with Crippen molar-refractivity contribution in [1.29, 1.82) is 5.26 Å². The molecule has 190 valence electrons. The third-order valence-electron chi connectivity index (χ3n) is 7.63. The van der Waals surface area contributed by atoms with Crippen LogP contribution in [0.1, 0.15) is 36.2 Å². The molecule has 2 saturated heterocycles. The summed E-state index contributed by atoms with van der Waals surface area (Å²) in [6.45, 7) is 0.528. The number of nitriles is 1. The van der Waals surface area contributed by atoms with E-state index in [-0.39, 0.29) is 24.6 Å². The van der Waals surface area contributed by atoms with E-state index in [0.717, 1.165) is 0 Å². The molecule has 3 aliphatic rings. The maximum absolute atomic E-state index is 14.3. The van der Waals surface area contributed by atoms with Gasteiger partial charge in [-0.3, -0.25) is 14.4 Å². The van der Waals surface area contributed by atoms with Crippen molar-refractivity contribution in [1.82, 2.24) is 20.5 Å². The number of hydrogen-bond acceptors (Lipinski definition) is 5. The van der Waals surface area contributed by atoms with E-state index in [9.17, 15) is 28.4 Å². The average Bonchev–Trinajstić information content (AvgIpc) is 3.59. The predicted octanol–water partition coefficient (Wildman–Crippen LogP) is 2.20. The molecule has 1 aromatic carbocycles. The Hall–Kier alpha value is -3.68. The van der Waals surface area contributed by atoms with Gasteiger partial charge in [-0.1, -0.05) is 6.07 Å². The number of nitrogens with one attached hydrogen (secondary N) is 3. The lowest BCUT2D eigenvalue weighted by molar-refractivity contribution is -0.127. The van der Waals surface area contributed by atoms with Crippen LogP contribution in [0.3, 0.4) is 0 Å². The minimum atomic E-state index is -2.91. The monoisotopic (exact) mass is 499 g/mol. The van der Waals surface area contributed by atoms with Crippen LogP contribution in [0, 0.1) is 29.1 Å². The molecule has 5 atom stereocenters. The summed E-state index contributed by atoms with van der Waals surface area (Å²) in [6, 6.07) is 6.84. The fourth-order valence-corrected chi connectivity index (χ4v) is 5.97. The van der Waals surface area contributed by atoms with E-state index in [1.54, 1.807) is 24.3 Å². The standard InChI is InChI=1S/C25H27F2N5O4/c1-36-20-4-2-3-18-16(20)8-19(31-18)24(35)32-12-14-9-25(26,27)10-17(14)21(32)23(34)30-15(11-28)7-13-5-6-29-22(13)33/h2-4,8,13-15,17,21,31H,5-7,9-10,12H2,1H3,(H,29,33)(H,30,34)/t13-,14-,15+,17-,21-/m1/s1. The first kappa shape index (κ1) is 24.0. The van der Waals surface area contributed by atoms with Gasteiger partial charge in [0.15, 0.2) is 0 Å². The van der Waals surface area contributed by atoms with E-state index in [4.69, 9.17) is 4.74 Å². The molecule has 11 heteroatoms. The van der Waals surface area contributed by atoms with Crippen molar-refractivity contribution in [3.8, 4) is 11.8 Å². The van der Waals surface area contributed by atoms with E-state index in [1.165, 1.54) is 12.0 Å². The van der Waals surface area contributed by atoms with Crippen LogP contribution < -0.4 is 15.4 Å². The summed E-state index contributed by atoms with van der Waals surface area (Å²) in [4.78, 5) is 43.3. The lowest BCUT2D eigenvalue weighted by atomic mass is 9.92. The van der Waals surface area contributed by atoms with E-state index >= 15 is 0 Å². The number of aromatic nitrogens is 1. The molecule has 0 radical (unpaired) electrons. The SMILES string of the molecule is COc1cccc2[nH]c(C(=O)N3C[C@H]4CC(F)(F)C[C@H]4[C@@H]3C(=O)N[C@H](C#N)C[C@H]3CCNC3=O)cc12. The van der Waals surface area contributed by atoms with Gasteiger partial charge in [-0.05, 0) is 42.9 Å². The second kappa shape index (κ2) is 9.08. The second-order valence-corrected chi connectivity index (χ2v) is 9.90. The molecule has 3 fully saturated rings. The minimum absolute atomic E-state index is 0.0198. The van der Waals surface area contributed by atoms with Crippen molar-refractivity contribution in [3.05, 3.63) is 30.0 Å². The Morgan fingerprint density at radius 3 is 2.86 bits per heavy atom. The molecular weight excluding hydrogens is 472 g/mol. The lowest BCUT2D eigenvalue weighted by Gasteiger charge is -2.28. The number of carbonyl (C=O) groups excluding carboxylic acids is 3. The number of amides is 3. The van der Waals surface area contributed by atoms with Gasteiger partial charge in [0.2, 0.25) is 17.7 Å². The lowest BCUT2D eigenvalue weighted by Crippen LogP contribution is -2.51. The summed E-state index contributed by atoms with van der Waals surface area (Å²) in [7, 11) is 1.52. The van der Waals surface area contributed by atoms with E-state index < -0.39 is 60.4 Å². The van der Waals surface area contributed by atoms with Gasteiger partial charge < -0.3 is 25.3 Å². The van der Waals surface area contributed by atoms with E-state index in [0.29, 0.717) is 29.6 Å². The van der Waals surface area contributed by atoms with Crippen molar-refractivity contribution in [2.24, 2.45) is 17.8 Å². The molecular formula is C25H27F2N5O4. The predicted molar refractivity (Wildman–Crippen MR) is 124 cm³/mol. The number of hydrogen-bond donors (Lipinski definition) is 3. The molecule has 2 aliphatic heterocycles. The molecule has 0 unspecified atom stereocenters. The van der Waals surface area contributed by atoms with Crippen molar-refractivity contribution >= 4 is 28.6 Å². The molecule has 1 aliphatic carbocycles. The first-order valence-corrected chi connectivity index (χ1v) is 12.0. The Kier molecular flexibility index (Phi) is 6.06. The summed E-state index contributed by atoms with van der Waals surface area (Å²) in [5.74, 6) is -5.29. The first-order valence-electron chi connectivity index (χ1n) is 12.0. The largest absolute Gasteiger partial charge is 0.496 e. The number of ether oxygens (including phenoxy) is 1. The minimum Gasteiger partial charge on any atom is -0.496 e. The zero-order valence-corrected chi connectivity index (χ0v) is 19.7. The zero-order chi connectivity index (χ0) is 25.6. The van der Waals surface area contributed by atoms with E-state index in [2.05, 4.69) is 15.6 Å². The van der Waals surface area contributed by atoms with Crippen LogP contribution in [-0.2, 0) is 9.59 Å². The van der Waals surface area contributed by atoms with Gasteiger partial charge in [0, 0.05) is 42.8 Å². The Morgan fingerprint density at radius 2 is 2.17 bits per heavy atom. The molecule has 3 amide bonds. The normalized spacial score (nSPS) is 27.4. The van der Waals surface area contributed by atoms with Crippen molar-refractivity contribution in [2.45, 2.75) is 43.7 Å². The number of rotatable bonds is 6. The van der Waals surface area contributed by atoms with Gasteiger partial charge >= 0.3 is 0 Å². The van der Waals surface area contributed by atoms with Crippen LogP contribution in [-0.4, -0.2) is 65.8 Å². The average molecular weight is 500 g/mol. The number of nitrogens with zero attached hydrogens (tertiary/aromatic N) is 2. The highest BCUT2D eigenvalue weighted by atomic mass is 19.3. The van der Waals surface area contributed by atoms with Crippen LogP contribution in [0.4, 0.5) is 8.78 Å². The Balaban J connectivity index is 1.40. The number of methoxy groups -OCH3 is 1. The van der Waals surface area contributed by atoms with Gasteiger partial charge in [-0.15, -0.1) is 0 Å². The molecule has 0 bridgehead atoms. The fourth-order valence-electron chi connectivity index (χ4n) is 5.97. The molecule has 3 heterocycles. The summed E-state index contributed by atoms with van der Waals surface area (Å²) < 4.78 is 33.9. The number of aromatic amines is 1. The van der Waals surface area contributed by atoms with Crippen molar-refractivity contribution in [2.75, 3.05) is 20.2 Å². The van der Waals surface area contributed by atoms with E-state index in [1.807, 2.05) is 6.07 Å². The highest BCUT2D eigenvalue weighted by Gasteiger charge is 2.58. The Morgan fingerprint density at radius 1 is 1.36 bits per heavy atom. The zero-order valence-electron chi connectivity index (χ0n) is 19.7. The Labute approximate surface area is 206 Å². The molecule has 0 spiro atoms. The molecule has 9 nitrogen and oxygen atoms in total. The van der Waals surface area contributed by atoms with Crippen LogP contribution >= 0.6 is 0 Å². The number of carbonyl (C=O) groups is 3. The van der Waals surface area contributed by atoms with Crippen LogP contribution in [0.2, 0.25) is 0 Å². The maximum atomic E-state index is 14.3. The van der Waals surface area contributed by atoms with Crippen molar-refractivity contribution < 1.29 is 27.9 Å². The van der Waals surface area contributed by atoms with Crippen LogP contribution in [0.5, 0.6) is 5.75 Å². The third-order valence-corrected chi connectivity index (χ3v) is 7.63. The molecule has 3 N–H and O–H groups in total. The molecule has 1 saturated carbocycles. The van der Waals surface area contributed by atoms with Gasteiger partial charge in [-0.25, -0.2) is 8.78 Å². The number of likely N-dealkylation sites (tertiary alicyclic amines) is 1. The summed E-state index contributed by atoms with van der Waals surface area (Å²) in [6.07, 6.45) is -0.208. The molecule has 1 aromatic heterocycles. The highest BCUT2D eigenvalue weighted by Crippen LogP contribution is 2.50. The molecule has 36 heavy (non-hydrogen) atoms. The number of halogens is 2. The van der Waals surface area contributed by atoms with Crippen LogP contribution in [0.15, 0.2) is 24.3 Å². The second-order valence-electron chi connectivity index (χ2n) is 9.90. The number of H-pyrrole nitrogens is 1. The van der Waals surface area contributed by atoms with Gasteiger partial charge in [-0.2, -0.15) is 5.26 Å². The maximum Gasteiger partial charge on any atom is 0.271 e. The van der Waals surface area contributed by atoms with Gasteiger partial charge in [0.1, 0.15) is 23.5 Å². The summed E-state index contributed by atoms with van der Waals surface area (Å²) in [5.41, 5.74) is 0.891. The summed E-state index contributed by atoms with van der Waals surface area (Å²) >= 11 is 0. The first-order chi connectivity index (χ1) is 17.2. The van der Waals surface area contributed by atoms with Crippen molar-refractivity contribution in [3.63, 3.8) is 0 Å². The van der Waals surface area contributed by atoms with Gasteiger partial charge in [0.25, 0.3) is 5.91 Å². The number of benzene rings is 1. The topological polar surface area (TPSA) is 127 Å². The summed E-state index contributed by atoms with van der Waals surface area (Å²) in [5, 5.41) is 15.6. The highest BCUT2D eigenvalue weighted by molar-refractivity contribution is 6.02. The quantitative estimate of drug-likeness (QED) is 0.562. The number of alkyl halides is 2. The molecule has 5 rings (SSSR count). The number of fused-ring (bicyclic) bond motifs is 2. The smallest absolute Gasteiger partial charge is 0.271 e. The Bertz CT molecular complexity index is 1250. The molecule has 2 aromatic rings.